The third kappa shape index (κ3) is 4.61. The van der Waals surface area contributed by atoms with E-state index in [4.69, 9.17) is 14.2 Å². The lowest BCUT2D eigenvalue weighted by molar-refractivity contribution is -0.142. The van der Waals surface area contributed by atoms with Gasteiger partial charge >= 0.3 is 5.97 Å². The average molecular weight is 407 g/mol. The molecule has 1 aliphatic heterocycles. The van der Waals surface area contributed by atoms with Crippen molar-refractivity contribution in [3.8, 4) is 5.75 Å². The second kappa shape index (κ2) is 8.17. The SMILES string of the molecule is COc1ccc(CO[C@@H]2C[C@@H]3OC(=O)C[C@@H]3[C@H]2CCC(C)(C)[Si](C)(C)O)cc1. The van der Waals surface area contributed by atoms with Crippen molar-refractivity contribution in [2.24, 2.45) is 11.8 Å². The maximum absolute atomic E-state index is 11.8. The highest BCUT2D eigenvalue weighted by Gasteiger charge is 2.51. The first-order chi connectivity index (χ1) is 13.1. The van der Waals surface area contributed by atoms with Gasteiger partial charge in [0.2, 0.25) is 0 Å². The van der Waals surface area contributed by atoms with E-state index in [1.807, 2.05) is 37.4 Å². The fourth-order valence-electron chi connectivity index (χ4n) is 4.31. The van der Waals surface area contributed by atoms with Crippen molar-refractivity contribution in [3.63, 3.8) is 0 Å². The minimum atomic E-state index is -2.26. The van der Waals surface area contributed by atoms with Gasteiger partial charge in [0.1, 0.15) is 11.9 Å². The van der Waals surface area contributed by atoms with Gasteiger partial charge in [-0.25, -0.2) is 0 Å². The average Bonchev–Trinajstić information content (AvgIpc) is 3.13. The van der Waals surface area contributed by atoms with Crippen molar-refractivity contribution in [3.05, 3.63) is 29.8 Å². The predicted octanol–water partition coefficient (Wildman–Crippen LogP) is 4.29. The quantitative estimate of drug-likeness (QED) is 0.515. The number of carbonyl (C=O) groups is 1. The van der Waals surface area contributed by atoms with Gasteiger partial charge in [-0.3, -0.25) is 4.79 Å². The highest BCUT2D eigenvalue weighted by molar-refractivity contribution is 6.72. The second-order valence-corrected chi connectivity index (χ2v) is 13.9. The lowest BCUT2D eigenvalue weighted by Gasteiger charge is -2.37. The number of methoxy groups -OCH3 is 1. The summed E-state index contributed by atoms with van der Waals surface area (Å²) in [5.41, 5.74) is 1.11. The van der Waals surface area contributed by atoms with E-state index in [-0.39, 0.29) is 29.1 Å². The zero-order chi connectivity index (χ0) is 20.5. The number of hydrogen-bond acceptors (Lipinski definition) is 5. The number of carbonyl (C=O) groups excluding carboxylic acids is 1. The molecule has 2 fully saturated rings. The highest BCUT2D eigenvalue weighted by Crippen LogP contribution is 2.48. The molecule has 0 unspecified atom stereocenters. The zero-order valence-electron chi connectivity index (χ0n) is 17.7. The molecule has 5 nitrogen and oxygen atoms in total. The van der Waals surface area contributed by atoms with Crippen molar-refractivity contribution < 1.29 is 23.8 Å². The Morgan fingerprint density at radius 3 is 2.54 bits per heavy atom. The van der Waals surface area contributed by atoms with Crippen LogP contribution in [0.1, 0.15) is 45.1 Å². The Morgan fingerprint density at radius 1 is 1.25 bits per heavy atom. The molecular weight excluding hydrogens is 372 g/mol. The van der Waals surface area contributed by atoms with Crippen LogP contribution in [0.5, 0.6) is 5.75 Å². The summed E-state index contributed by atoms with van der Waals surface area (Å²) in [5, 5.41) is -0.0743. The number of hydrogen-bond donors (Lipinski definition) is 1. The second-order valence-electron chi connectivity index (χ2n) is 9.47. The third-order valence-electron chi connectivity index (χ3n) is 7.04. The summed E-state index contributed by atoms with van der Waals surface area (Å²) < 4.78 is 17.1. The van der Waals surface area contributed by atoms with E-state index in [9.17, 15) is 9.59 Å². The lowest BCUT2D eigenvalue weighted by Crippen LogP contribution is -2.39. The molecule has 6 heteroatoms. The van der Waals surface area contributed by atoms with Gasteiger partial charge in [0.05, 0.1) is 26.2 Å². The molecule has 1 saturated carbocycles. The highest BCUT2D eigenvalue weighted by atomic mass is 28.4. The molecule has 28 heavy (non-hydrogen) atoms. The molecule has 1 N–H and O–H groups in total. The van der Waals surface area contributed by atoms with Crippen LogP contribution in [0.4, 0.5) is 0 Å². The monoisotopic (exact) mass is 406 g/mol. The number of ether oxygens (including phenoxy) is 3. The van der Waals surface area contributed by atoms with E-state index in [2.05, 4.69) is 13.8 Å². The van der Waals surface area contributed by atoms with Crippen LogP contribution >= 0.6 is 0 Å². The van der Waals surface area contributed by atoms with Gasteiger partial charge in [0, 0.05) is 12.3 Å². The van der Waals surface area contributed by atoms with E-state index in [0.717, 1.165) is 30.6 Å². The lowest BCUT2D eigenvalue weighted by atomic mass is 9.86. The summed E-state index contributed by atoms with van der Waals surface area (Å²) in [6.07, 6.45) is 3.24. The molecule has 4 atom stereocenters. The molecule has 0 bridgehead atoms. The molecule has 1 aromatic carbocycles. The molecule has 3 rings (SSSR count). The van der Waals surface area contributed by atoms with Gasteiger partial charge in [-0.05, 0) is 54.6 Å². The number of rotatable bonds is 8. The predicted molar refractivity (Wildman–Crippen MR) is 111 cm³/mol. The van der Waals surface area contributed by atoms with Crippen LogP contribution in [0.2, 0.25) is 18.1 Å². The van der Waals surface area contributed by atoms with Crippen LogP contribution < -0.4 is 4.74 Å². The van der Waals surface area contributed by atoms with Gasteiger partial charge in [-0.2, -0.15) is 0 Å². The number of fused-ring (bicyclic) bond motifs is 1. The Balaban J connectivity index is 1.65. The molecule has 0 amide bonds. The number of esters is 1. The maximum atomic E-state index is 11.8. The van der Waals surface area contributed by atoms with E-state index in [0.29, 0.717) is 18.9 Å². The van der Waals surface area contributed by atoms with Crippen LogP contribution in [0, 0.1) is 11.8 Å². The Kier molecular flexibility index (Phi) is 6.22. The first kappa shape index (κ1) is 21.3. The van der Waals surface area contributed by atoms with E-state index < -0.39 is 8.32 Å². The standard InChI is InChI=1S/C22H34O5Si/c1-22(2,28(4,5)24)11-10-17-18-12-21(23)27-20(18)13-19(17)26-14-15-6-8-16(25-3)9-7-15/h6-9,17-20,24H,10-14H2,1-5H3/t17-,18-,19-,20+/m1/s1. The van der Waals surface area contributed by atoms with Crippen molar-refractivity contribution >= 4 is 14.3 Å². The Labute approximate surface area is 169 Å². The minimum Gasteiger partial charge on any atom is -0.497 e. The van der Waals surface area contributed by atoms with E-state index in [1.54, 1.807) is 7.11 Å². The molecule has 0 spiro atoms. The summed E-state index contributed by atoms with van der Waals surface area (Å²) in [5.74, 6) is 1.30. The molecule has 1 aliphatic carbocycles. The summed E-state index contributed by atoms with van der Waals surface area (Å²) in [6.45, 7) is 8.88. The van der Waals surface area contributed by atoms with Gasteiger partial charge in [-0.15, -0.1) is 0 Å². The third-order valence-corrected chi connectivity index (χ3v) is 10.6. The molecule has 0 aromatic heterocycles. The van der Waals surface area contributed by atoms with Gasteiger partial charge in [0.25, 0.3) is 0 Å². The van der Waals surface area contributed by atoms with Crippen LogP contribution in [0.15, 0.2) is 24.3 Å². The molecule has 2 aliphatic rings. The molecular formula is C22H34O5Si. The Hall–Kier alpha value is -1.37. The number of benzene rings is 1. The topological polar surface area (TPSA) is 65.0 Å². The van der Waals surface area contributed by atoms with E-state index >= 15 is 0 Å². The van der Waals surface area contributed by atoms with Crippen molar-refractivity contribution in [1.82, 2.24) is 0 Å². The Bertz CT molecular complexity index is 679. The fourth-order valence-corrected chi connectivity index (χ4v) is 5.06. The zero-order valence-corrected chi connectivity index (χ0v) is 18.7. The fraction of sp³-hybridized carbons (Fsp3) is 0.682. The van der Waals surface area contributed by atoms with Crippen molar-refractivity contribution in [2.45, 2.75) is 76.5 Å². The van der Waals surface area contributed by atoms with Crippen LogP contribution in [0.25, 0.3) is 0 Å². The van der Waals surface area contributed by atoms with Crippen LogP contribution in [-0.4, -0.2) is 38.4 Å². The first-order valence-corrected chi connectivity index (χ1v) is 13.2. The van der Waals surface area contributed by atoms with Gasteiger partial charge in [0.15, 0.2) is 8.32 Å². The summed E-state index contributed by atoms with van der Waals surface area (Å²) in [7, 11) is -0.598. The van der Waals surface area contributed by atoms with Crippen LogP contribution in [-0.2, 0) is 20.9 Å². The van der Waals surface area contributed by atoms with E-state index in [1.165, 1.54) is 0 Å². The maximum Gasteiger partial charge on any atom is 0.306 e. The smallest absolute Gasteiger partial charge is 0.306 e. The summed E-state index contributed by atoms with van der Waals surface area (Å²) >= 11 is 0. The summed E-state index contributed by atoms with van der Waals surface area (Å²) in [6, 6.07) is 7.93. The molecule has 1 aromatic rings. The minimum absolute atomic E-state index is 0.0131. The van der Waals surface area contributed by atoms with Crippen molar-refractivity contribution in [2.75, 3.05) is 7.11 Å². The first-order valence-electron chi connectivity index (χ1n) is 10.3. The summed E-state index contributed by atoms with van der Waals surface area (Å²) in [4.78, 5) is 22.4. The molecule has 0 radical (unpaired) electrons. The normalized spacial score (nSPS) is 27.6. The van der Waals surface area contributed by atoms with Crippen molar-refractivity contribution in [1.29, 1.82) is 0 Å². The van der Waals surface area contributed by atoms with Crippen LogP contribution in [0.3, 0.4) is 0 Å². The molecule has 1 heterocycles. The van der Waals surface area contributed by atoms with Gasteiger partial charge < -0.3 is 19.0 Å². The largest absolute Gasteiger partial charge is 0.497 e. The Morgan fingerprint density at radius 2 is 1.93 bits per heavy atom. The molecule has 1 saturated heterocycles. The molecule has 156 valence electrons. The van der Waals surface area contributed by atoms with Gasteiger partial charge in [-0.1, -0.05) is 26.0 Å².